The van der Waals surface area contributed by atoms with Crippen LogP contribution in [0.5, 0.6) is 0 Å². The van der Waals surface area contributed by atoms with Gasteiger partial charge in [0.25, 0.3) is 0 Å². The van der Waals surface area contributed by atoms with Gasteiger partial charge in [0.2, 0.25) is 0 Å². The van der Waals surface area contributed by atoms with E-state index in [-0.39, 0.29) is 17.9 Å². The van der Waals surface area contributed by atoms with Gasteiger partial charge in [-0.2, -0.15) is 0 Å². The maximum atomic E-state index is 12.8. The predicted octanol–water partition coefficient (Wildman–Crippen LogP) is 5.79. The number of esters is 2. The minimum Gasteiger partial charge on any atom is -0.460 e. The second-order valence-corrected chi connectivity index (χ2v) is 10.9. The zero-order valence-corrected chi connectivity index (χ0v) is 20.4. The summed E-state index contributed by atoms with van der Waals surface area (Å²) in [5, 5.41) is 0. The maximum absolute atomic E-state index is 12.8. The highest BCUT2D eigenvalue weighted by Gasteiger charge is 2.27. The lowest BCUT2D eigenvalue weighted by atomic mass is 9.95. The SMILES string of the molecule is CC(C)(C)OC(=O)CCCCC(Cc1cn(C2CCCCC2)cn1)C(=O)OC(C)(C)C. The van der Waals surface area contributed by atoms with Crippen molar-refractivity contribution in [1.29, 1.82) is 0 Å². The van der Waals surface area contributed by atoms with Crippen molar-refractivity contribution in [1.82, 2.24) is 9.55 Å². The third kappa shape index (κ3) is 9.88. The molecule has 1 saturated carbocycles. The maximum Gasteiger partial charge on any atom is 0.309 e. The molecular formula is C25H42N2O4. The molecule has 1 fully saturated rings. The van der Waals surface area contributed by atoms with Crippen LogP contribution in [0.25, 0.3) is 0 Å². The average Bonchev–Trinajstić information content (AvgIpc) is 3.10. The molecule has 6 heteroatoms. The molecule has 0 spiro atoms. The van der Waals surface area contributed by atoms with Gasteiger partial charge < -0.3 is 14.0 Å². The molecule has 0 aliphatic heterocycles. The van der Waals surface area contributed by atoms with E-state index in [1.807, 2.05) is 47.9 Å². The van der Waals surface area contributed by atoms with E-state index >= 15 is 0 Å². The molecule has 2 rings (SSSR count). The number of hydrogen-bond donors (Lipinski definition) is 0. The average molecular weight is 435 g/mol. The van der Waals surface area contributed by atoms with Gasteiger partial charge in [-0.15, -0.1) is 0 Å². The number of carbonyl (C=O) groups is 2. The van der Waals surface area contributed by atoms with Gasteiger partial charge in [-0.1, -0.05) is 25.7 Å². The van der Waals surface area contributed by atoms with Gasteiger partial charge in [0, 0.05) is 25.1 Å². The van der Waals surface area contributed by atoms with E-state index in [1.54, 1.807) is 0 Å². The van der Waals surface area contributed by atoms with E-state index in [9.17, 15) is 9.59 Å². The molecule has 0 bridgehead atoms. The number of carbonyl (C=O) groups excluding carboxylic acids is 2. The molecule has 0 amide bonds. The molecular weight excluding hydrogens is 392 g/mol. The standard InChI is InChI=1S/C25H42N2O4/c1-24(2,3)30-22(28)15-11-10-12-19(23(29)31-25(4,5)6)16-20-17-27(18-26-20)21-13-8-7-9-14-21/h17-19,21H,7-16H2,1-6H3. The first-order chi connectivity index (χ1) is 14.4. The van der Waals surface area contributed by atoms with E-state index in [2.05, 4.69) is 15.7 Å². The van der Waals surface area contributed by atoms with Gasteiger partial charge in [-0.25, -0.2) is 4.98 Å². The number of imidazole rings is 1. The predicted molar refractivity (Wildman–Crippen MR) is 122 cm³/mol. The number of rotatable bonds is 9. The molecule has 6 nitrogen and oxygen atoms in total. The first-order valence-electron chi connectivity index (χ1n) is 11.9. The summed E-state index contributed by atoms with van der Waals surface area (Å²) in [6.07, 6.45) is 13.4. The lowest BCUT2D eigenvalue weighted by Crippen LogP contribution is -2.30. The van der Waals surface area contributed by atoms with E-state index in [0.717, 1.165) is 12.1 Å². The molecule has 0 N–H and O–H groups in total. The van der Waals surface area contributed by atoms with Gasteiger partial charge >= 0.3 is 11.9 Å². The molecule has 1 heterocycles. The molecule has 31 heavy (non-hydrogen) atoms. The van der Waals surface area contributed by atoms with Crippen molar-refractivity contribution in [2.24, 2.45) is 5.92 Å². The second-order valence-electron chi connectivity index (χ2n) is 10.9. The van der Waals surface area contributed by atoms with Crippen molar-refractivity contribution in [3.05, 3.63) is 18.2 Å². The molecule has 1 aromatic heterocycles. The van der Waals surface area contributed by atoms with E-state index < -0.39 is 11.2 Å². The molecule has 0 radical (unpaired) electrons. The minimum absolute atomic E-state index is 0.183. The smallest absolute Gasteiger partial charge is 0.309 e. The highest BCUT2D eigenvalue weighted by Crippen LogP contribution is 2.28. The summed E-state index contributed by atoms with van der Waals surface area (Å²) in [7, 11) is 0. The Kier molecular flexibility index (Phi) is 9.14. The largest absolute Gasteiger partial charge is 0.460 e. The summed E-state index contributed by atoms with van der Waals surface area (Å²) < 4.78 is 13.3. The van der Waals surface area contributed by atoms with Crippen molar-refractivity contribution < 1.29 is 19.1 Å². The number of ether oxygens (including phenoxy) is 2. The van der Waals surface area contributed by atoms with Gasteiger partial charge in [0.15, 0.2) is 0 Å². The van der Waals surface area contributed by atoms with Gasteiger partial charge in [0.05, 0.1) is 17.9 Å². The van der Waals surface area contributed by atoms with Gasteiger partial charge in [-0.3, -0.25) is 9.59 Å². The van der Waals surface area contributed by atoms with Gasteiger partial charge in [0.1, 0.15) is 11.2 Å². The van der Waals surface area contributed by atoms with Crippen LogP contribution in [0.15, 0.2) is 12.5 Å². The zero-order chi connectivity index (χ0) is 23.1. The first-order valence-corrected chi connectivity index (χ1v) is 11.9. The van der Waals surface area contributed by atoms with Gasteiger partial charge in [-0.05, 0) is 67.2 Å². The van der Waals surface area contributed by atoms with Crippen LogP contribution in [-0.2, 0) is 25.5 Å². The van der Waals surface area contributed by atoms with Crippen molar-refractivity contribution in [3.63, 3.8) is 0 Å². The van der Waals surface area contributed by atoms with Crippen LogP contribution >= 0.6 is 0 Å². The topological polar surface area (TPSA) is 70.4 Å². The Labute approximate surface area is 188 Å². The van der Waals surface area contributed by atoms with Crippen molar-refractivity contribution in [2.75, 3.05) is 0 Å². The third-order valence-electron chi connectivity index (χ3n) is 5.45. The lowest BCUT2D eigenvalue weighted by Gasteiger charge is -2.24. The molecule has 1 aliphatic carbocycles. The number of aromatic nitrogens is 2. The minimum atomic E-state index is -0.521. The Hall–Kier alpha value is -1.85. The Bertz CT molecular complexity index is 706. The van der Waals surface area contributed by atoms with Crippen molar-refractivity contribution in [3.8, 4) is 0 Å². The molecule has 1 atom stereocenters. The normalized spacial score (nSPS) is 16.7. The fourth-order valence-electron chi connectivity index (χ4n) is 4.06. The second kappa shape index (κ2) is 11.1. The number of nitrogens with zero attached hydrogens (tertiary/aromatic N) is 2. The number of hydrogen-bond acceptors (Lipinski definition) is 5. The molecule has 0 saturated heterocycles. The molecule has 0 aromatic carbocycles. The fourth-order valence-corrected chi connectivity index (χ4v) is 4.06. The summed E-state index contributed by atoms with van der Waals surface area (Å²) in [6, 6.07) is 0.531. The number of unbranched alkanes of at least 4 members (excludes halogenated alkanes) is 1. The molecule has 176 valence electrons. The van der Waals surface area contributed by atoms with Crippen molar-refractivity contribution >= 4 is 11.9 Å². The third-order valence-corrected chi connectivity index (χ3v) is 5.45. The summed E-state index contributed by atoms with van der Waals surface area (Å²) in [6.45, 7) is 11.3. The van der Waals surface area contributed by atoms with E-state index in [4.69, 9.17) is 9.47 Å². The van der Waals surface area contributed by atoms with Crippen LogP contribution in [0.2, 0.25) is 0 Å². The van der Waals surface area contributed by atoms with Crippen LogP contribution in [-0.4, -0.2) is 32.7 Å². The quantitative estimate of drug-likeness (QED) is 0.363. The van der Waals surface area contributed by atoms with Crippen LogP contribution in [0, 0.1) is 5.92 Å². The molecule has 1 aliphatic rings. The zero-order valence-electron chi connectivity index (χ0n) is 20.4. The van der Waals surface area contributed by atoms with Crippen LogP contribution in [0.4, 0.5) is 0 Å². The Morgan fingerprint density at radius 1 is 1.03 bits per heavy atom. The van der Waals surface area contributed by atoms with E-state index in [0.29, 0.717) is 31.7 Å². The first kappa shape index (κ1) is 25.4. The highest BCUT2D eigenvalue weighted by molar-refractivity contribution is 5.73. The van der Waals surface area contributed by atoms with E-state index in [1.165, 1.54) is 32.1 Å². The van der Waals surface area contributed by atoms with Crippen LogP contribution in [0.3, 0.4) is 0 Å². The Morgan fingerprint density at radius 3 is 2.29 bits per heavy atom. The molecule has 1 unspecified atom stereocenters. The Balaban J connectivity index is 1.93. The summed E-state index contributed by atoms with van der Waals surface area (Å²) in [5.74, 6) is -0.628. The highest BCUT2D eigenvalue weighted by atomic mass is 16.6. The summed E-state index contributed by atoms with van der Waals surface area (Å²) in [4.78, 5) is 29.4. The summed E-state index contributed by atoms with van der Waals surface area (Å²) >= 11 is 0. The molecule has 1 aromatic rings. The van der Waals surface area contributed by atoms with Crippen LogP contribution in [0.1, 0.15) is 111 Å². The Morgan fingerprint density at radius 2 is 1.68 bits per heavy atom. The fraction of sp³-hybridized carbons (Fsp3) is 0.800. The van der Waals surface area contributed by atoms with Crippen LogP contribution < -0.4 is 0 Å². The summed E-state index contributed by atoms with van der Waals surface area (Å²) in [5.41, 5.74) is -0.0470. The monoisotopic (exact) mass is 434 g/mol. The van der Waals surface area contributed by atoms with Crippen molar-refractivity contribution in [2.45, 2.75) is 123 Å². The lowest BCUT2D eigenvalue weighted by molar-refractivity contribution is -0.160.